The van der Waals surface area contributed by atoms with Crippen LogP contribution in [0.2, 0.25) is 0 Å². The number of nitrogens with zero attached hydrogens (tertiary/aromatic N) is 1. The van der Waals surface area contributed by atoms with Crippen LogP contribution in [-0.2, 0) is 6.54 Å². The quantitative estimate of drug-likeness (QED) is 0.698. The molecule has 2 unspecified atom stereocenters. The van der Waals surface area contributed by atoms with Crippen LogP contribution in [0.25, 0.3) is 0 Å². The molecule has 2 aliphatic heterocycles. The van der Waals surface area contributed by atoms with Gasteiger partial charge >= 0.3 is 0 Å². The third-order valence-corrected chi connectivity index (χ3v) is 5.53. The van der Waals surface area contributed by atoms with E-state index in [2.05, 4.69) is 22.6 Å². The zero-order valence-electron chi connectivity index (χ0n) is 13.5. The van der Waals surface area contributed by atoms with E-state index in [9.17, 15) is 9.90 Å². The topological polar surface area (TPSA) is 49.8 Å². The predicted octanol–water partition coefficient (Wildman–Crippen LogP) is 3.52. The average molecular weight is 435 g/mol. The summed E-state index contributed by atoms with van der Waals surface area (Å²) in [6.45, 7) is 4.23. The summed E-state index contributed by atoms with van der Waals surface area (Å²) in [6.07, 6.45) is -0.804. The number of aliphatic hydroxyl groups is 1. The highest BCUT2D eigenvalue weighted by Gasteiger charge is 2.48. The van der Waals surface area contributed by atoms with Gasteiger partial charge in [-0.15, -0.1) is 0 Å². The SMILES string of the molecule is CC1(C)Oc2ccc(I)cc2C(N2Cc3ccccc3C2=O)C1O. The first-order valence-electron chi connectivity index (χ1n) is 7.94. The summed E-state index contributed by atoms with van der Waals surface area (Å²) >= 11 is 2.24. The standard InChI is InChI=1S/C19H18INO3/c1-19(2)17(22)16(14-9-12(20)7-8-15(14)24-19)21-10-11-5-3-4-6-13(11)18(21)23/h3-9,16-17,22H,10H2,1-2H3. The molecule has 2 aromatic rings. The molecule has 0 spiro atoms. The van der Waals surface area contributed by atoms with Gasteiger partial charge in [0.2, 0.25) is 0 Å². The maximum atomic E-state index is 12.9. The highest BCUT2D eigenvalue weighted by molar-refractivity contribution is 14.1. The average Bonchev–Trinajstić information content (AvgIpc) is 2.86. The lowest BCUT2D eigenvalue weighted by molar-refractivity contribution is -0.0868. The Bertz CT molecular complexity index is 833. The number of carbonyl (C=O) groups is 1. The smallest absolute Gasteiger partial charge is 0.255 e. The van der Waals surface area contributed by atoms with E-state index in [1.54, 1.807) is 4.90 Å². The molecule has 1 amide bonds. The molecule has 0 saturated heterocycles. The van der Waals surface area contributed by atoms with Gasteiger partial charge < -0.3 is 14.7 Å². The first-order chi connectivity index (χ1) is 11.4. The molecule has 0 bridgehead atoms. The number of carbonyl (C=O) groups excluding carboxylic acids is 1. The number of hydrogen-bond acceptors (Lipinski definition) is 3. The lowest BCUT2D eigenvalue weighted by Gasteiger charge is -2.45. The number of halogens is 1. The number of rotatable bonds is 1. The van der Waals surface area contributed by atoms with Crippen molar-refractivity contribution in [1.29, 1.82) is 0 Å². The van der Waals surface area contributed by atoms with Crippen molar-refractivity contribution in [2.45, 2.75) is 38.1 Å². The van der Waals surface area contributed by atoms with E-state index in [4.69, 9.17) is 4.74 Å². The molecule has 0 fully saturated rings. The Hall–Kier alpha value is -1.60. The molecule has 124 valence electrons. The highest BCUT2D eigenvalue weighted by atomic mass is 127. The second-order valence-electron chi connectivity index (χ2n) is 6.87. The van der Waals surface area contributed by atoms with Crippen molar-refractivity contribution < 1.29 is 14.6 Å². The largest absolute Gasteiger partial charge is 0.485 e. The van der Waals surface area contributed by atoms with Crippen molar-refractivity contribution in [3.8, 4) is 5.75 Å². The number of fused-ring (bicyclic) bond motifs is 2. The normalized spacial score (nSPS) is 24.3. The Morgan fingerprint density at radius 3 is 2.75 bits per heavy atom. The fourth-order valence-corrected chi connectivity index (χ4v) is 4.09. The molecule has 0 aliphatic carbocycles. The van der Waals surface area contributed by atoms with Crippen LogP contribution in [0, 0.1) is 3.57 Å². The van der Waals surface area contributed by atoms with E-state index in [0.717, 1.165) is 26.0 Å². The van der Waals surface area contributed by atoms with E-state index < -0.39 is 17.7 Å². The van der Waals surface area contributed by atoms with Gasteiger partial charge in [-0.05, 0) is 66.3 Å². The van der Waals surface area contributed by atoms with Crippen LogP contribution in [0.1, 0.15) is 41.4 Å². The van der Waals surface area contributed by atoms with Crippen molar-refractivity contribution in [2.24, 2.45) is 0 Å². The molecule has 5 heteroatoms. The molecule has 0 saturated carbocycles. The van der Waals surface area contributed by atoms with Crippen molar-refractivity contribution in [3.63, 3.8) is 0 Å². The zero-order chi connectivity index (χ0) is 17.1. The molecule has 2 aliphatic rings. The van der Waals surface area contributed by atoms with Gasteiger partial charge in [0.1, 0.15) is 17.5 Å². The Labute approximate surface area is 154 Å². The maximum absolute atomic E-state index is 12.9. The minimum atomic E-state index is -0.804. The molecule has 4 rings (SSSR count). The number of ether oxygens (including phenoxy) is 1. The summed E-state index contributed by atoms with van der Waals surface area (Å²) in [7, 11) is 0. The van der Waals surface area contributed by atoms with Gasteiger partial charge in [0.15, 0.2) is 0 Å². The van der Waals surface area contributed by atoms with Gasteiger partial charge in [0.05, 0.1) is 6.04 Å². The molecule has 2 heterocycles. The molecule has 1 N–H and O–H groups in total. The Morgan fingerprint density at radius 1 is 1.25 bits per heavy atom. The Morgan fingerprint density at radius 2 is 2.00 bits per heavy atom. The molecule has 2 aromatic carbocycles. The fraction of sp³-hybridized carbons (Fsp3) is 0.316. The van der Waals surface area contributed by atoms with E-state index >= 15 is 0 Å². The van der Waals surface area contributed by atoms with Crippen molar-refractivity contribution in [2.75, 3.05) is 0 Å². The van der Waals surface area contributed by atoms with Crippen LogP contribution >= 0.6 is 22.6 Å². The lowest BCUT2D eigenvalue weighted by atomic mass is 9.85. The van der Waals surface area contributed by atoms with Crippen molar-refractivity contribution in [1.82, 2.24) is 4.90 Å². The molecule has 0 radical (unpaired) electrons. The molecule has 24 heavy (non-hydrogen) atoms. The van der Waals surface area contributed by atoms with Crippen LogP contribution < -0.4 is 4.74 Å². The van der Waals surface area contributed by atoms with E-state index in [-0.39, 0.29) is 5.91 Å². The minimum absolute atomic E-state index is 0.0304. The van der Waals surface area contributed by atoms with Gasteiger partial charge in [0.25, 0.3) is 5.91 Å². The summed E-state index contributed by atoms with van der Waals surface area (Å²) in [5.41, 5.74) is 1.83. The second kappa shape index (κ2) is 5.46. The Kier molecular flexibility index (Phi) is 3.61. The second-order valence-corrected chi connectivity index (χ2v) is 8.11. The molecular weight excluding hydrogens is 417 g/mol. The summed E-state index contributed by atoms with van der Waals surface area (Å²) in [4.78, 5) is 14.7. The molecule has 0 aromatic heterocycles. The Balaban J connectivity index is 1.83. The first-order valence-corrected chi connectivity index (χ1v) is 9.02. The highest BCUT2D eigenvalue weighted by Crippen LogP contribution is 2.45. The fourth-order valence-electron chi connectivity index (χ4n) is 3.58. The minimum Gasteiger partial charge on any atom is -0.485 e. The summed E-state index contributed by atoms with van der Waals surface area (Å²) in [5, 5.41) is 11.0. The summed E-state index contributed by atoms with van der Waals surface area (Å²) in [5.74, 6) is 0.705. The first kappa shape index (κ1) is 15.9. The van der Waals surface area contributed by atoms with Crippen LogP contribution in [0.4, 0.5) is 0 Å². The third kappa shape index (κ3) is 2.33. The van der Waals surface area contributed by atoms with E-state index in [1.807, 2.05) is 56.3 Å². The number of benzene rings is 2. The molecular formula is C19H18INO3. The number of amides is 1. The van der Waals surface area contributed by atoms with E-state index in [1.165, 1.54) is 0 Å². The van der Waals surface area contributed by atoms with Crippen LogP contribution in [-0.4, -0.2) is 27.6 Å². The summed E-state index contributed by atoms with van der Waals surface area (Å²) < 4.78 is 7.05. The van der Waals surface area contributed by atoms with Crippen molar-refractivity contribution >= 4 is 28.5 Å². The number of aliphatic hydroxyl groups excluding tert-OH is 1. The van der Waals surface area contributed by atoms with Crippen LogP contribution in [0.15, 0.2) is 42.5 Å². The lowest BCUT2D eigenvalue weighted by Crippen LogP contribution is -2.53. The zero-order valence-corrected chi connectivity index (χ0v) is 15.6. The van der Waals surface area contributed by atoms with Gasteiger partial charge in [-0.3, -0.25) is 4.79 Å². The van der Waals surface area contributed by atoms with Crippen LogP contribution in [0.3, 0.4) is 0 Å². The van der Waals surface area contributed by atoms with Crippen LogP contribution in [0.5, 0.6) is 5.75 Å². The summed E-state index contributed by atoms with van der Waals surface area (Å²) in [6, 6.07) is 13.1. The monoisotopic (exact) mass is 435 g/mol. The predicted molar refractivity (Wildman–Crippen MR) is 98.9 cm³/mol. The third-order valence-electron chi connectivity index (χ3n) is 4.86. The van der Waals surface area contributed by atoms with Crippen molar-refractivity contribution in [3.05, 3.63) is 62.7 Å². The molecule has 2 atom stereocenters. The van der Waals surface area contributed by atoms with Gasteiger partial charge in [0, 0.05) is 21.2 Å². The maximum Gasteiger partial charge on any atom is 0.255 e. The molecule has 4 nitrogen and oxygen atoms in total. The van der Waals surface area contributed by atoms with E-state index in [0.29, 0.717) is 6.54 Å². The van der Waals surface area contributed by atoms with Gasteiger partial charge in [-0.2, -0.15) is 0 Å². The van der Waals surface area contributed by atoms with Gasteiger partial charge in [-0.1, -0.05) is 18.2 Å². The number of hydrogen-bond donors (Lipinski definition) is 1. The van der Waals surface area contributed by atoms with Gasteiger partial charge in [-0.25, -0.2) is 0 Å².